The predicted molar refractivity (Wildman–Crippen MR) is 81.2 cm³/mol. The Labute approximate surface area is 133 Å². The zero-order valence-electron chi connectivity index (χ0n) is 13.2. The van der Waals surface area contributed by atoms with Gasteiger partial charge in [-0.2, -0.15) is 0 Å². The molecule has 0 aliphatic heterocycles. The first-order valence-corrected chi connectivity index (χ1v) is 6.98. The number of pyridine rings is 1. The molecule has 0 saturated heterocycles. The summed E-state index contributed by atoms with van der Waals surface area (Å²) in [6.07, 6.45) is 1.28. The maximum atomic E-state index is 12.4. The van der Waals surface area contributed by atoms with E-state index in [1.54, 1.807) is 26.8 Å². The van der Waals surface area contributed by atoms with Crippen LogP contribution in [0, 0.1) is 0 Å². The molecule has 8 heteroatoms. The van der Waals surface area contributed by atoms with Crippen LogP contribution in [0.5, 0.6) is 0 Å². The van der Waals surface area contributed by atoms with Crippen molar-refractivity contribution in [2.24, 2.45) is 0 Å². The van der Waals surface area contributed by atoms with Crippen molar-refractivity contribution in [1.82, 2.24) is 4.98 Å². The molecule has 126 valence electrons. The minimum absolute atomic E-state index is 0.222. The summed E-state index contributed by atoms with van der Waals surface area (Å²) in [5, 5.41) is 18.2. The van der Waals surface area contributed by atoms with E-state index in [1.165, 1.54) is 18.5 Å². The minimum Gasteiger partial charge on any atom is -0.481 e. The van der Waals surface area contributed by atoms with Crippen molar-refractivity contribution in [1.29, 1.82) is 0 Å². The third kappa shape index (κ3) is 5.93. The molecule has 0 fully saturated rings. The van der Waals surface area contributed by atoms with E-state index in [1.807, 2.05) is 0 Å². The summed E-state index contributed by atoms with van der Waals surface area (Å²) in [5.74, 6) is -2.47. The lowest BCUT2D eigenvalue weighted by Gasteiger charge is -2.31. The van der Waals surface area contributed by atoms with Gasteiger partial charge in [0, 0.05) is 12.6 Å². The highest BCUT2D eigenvalue weighted by atomic mass is 16.6. The Bertz CT molecular complexity index is 567. The number of carboxylic acid groups (broad SMARTS) is 2. The fourth-order valence-corrected chi connectivity index (χ4v) is 1.84. The number of carbonyl (C=O) groups excluding carboxylic acids is 1. The van der Waals surface area contributed by atoms with Crippen LogP contribution in [0.1, 0.15) is 33.6 Å². The molecular formula is C15H20N2O6. The van der Waals surface area contributed by atoms with Gasteiger partial charge in [0.2, 0.25) is 0 Å². The third-order valence-electron chi connectivity index (χ3n) is 2.74. The van der Waals surface area contributed by atoms with Gasteiger partial charge in [-0.3, -0.25) is 14.7 Å². The van der Waals surface area contributed by atoms with Gasteiger partial charge < -0.3 is 14.9 Å². The first kappa shape index (κ1) is 18.4. The molecule has 0 saturated carbocycles. The lowest BCUT2D eigenvalue weighted by Crippen LogP contribution is -2.47. The third-order valence-corrected chi connectivity index (χ3v) is 2.74. The van der Waals surface area contributed by atoms with Crippen LogP contribution in [0.2, 0.25) is 0 Å². The summed E-state index contributed by atoms with van der Waals surface area (Å²) >= 11 is 0. The van der Waals surface area contributed by atoms with Crippen molar-refractivity contribution < 1.29 is 29.3 Å². The number of hydrogen-bond donors (Lipinski definition) is 2. The van der Waals surface area contributed by atoms with Crippen LogP contribution in [-0.2, 0) is 14.3 Å². The van der Waals surface area contributed by atoms with Crippen LogP contribution in [-0.4, -0.2) is 44.9 Å². The second kappa shape index (κ2) is 7.57. The standard InChI is InChI=1S/C15H20N2O6/c1-15(2,3)23-14(22)17(10-5-4-8-16-9-10)11(13(20)21)6-7-12(18)19/h4-5,8-9,11H,6-7H2,1-3H3,(H,18,19)(H,20,21). The molecular weight excluding hydrogens is 304 g/mol. The van der Waals surface area contributed by atoms with Gasteiger partial charge in [-0.15, -0.1) is 0 Å². The van der Waals surface area contributed by atoms with Crippen LogP contribution < -0.4 is 4.90 Å². The van der Waals surface area contributed by atoms with Gasteiger partial charge in [-0.1, -0.05) is 0 Å². The number of anilines is 1. The van der Waals surface area contributed by atoms with Crippen molar-refractivity contribution in [3.63, 3.8) is 0 Å². The number of ether oxygens (including phenoxy) is 1. The Morgan fingerprint density at radius 3 is 2.39 bits per heavy atom. The number of nitrogens with zero attached hydrogens (tertiary/aromatic N) is 2. The Morgan fingerprint density at radius 1 is 1.30 bits per heavy atom. The molecule has 1 atom stereocenters. The molecule has 1 amide bonds. The van der Waals surface area contributed by atoms with Gasteiger partial charge in [0.25, 0.3) is 0 Å². The fourth-order valence-electron chi connectivity index (χ4n) is 1.84. The summed E-state index contributed by atoms with van der Waals surface area (Å²) in [6.45, 7) is 4.96. The molecule has 0 spiro atoms. The molecule has 1 unspecified atom stereocenters. The SMILES string of the molecule is CC(C)(C)OC(=O)N(c1cccnc1)C(CCC(=O)O)C(=O)O. The smallest absolute Gasteiger partial charge is 0.415 e. The van der Waals surface area contributed by atoms with Gasteiger partial charge in [-0.05, 0) is 39.3 Å². The van der Waals surface area contributed by atoms with E-state index < -0.39 is 36.1 Å². The quantitative estimate of drug-likeness (QED) is 0.823. The first-order valence-electron chi connectivity index (χ1n) is 6.98. The van der Waals surface area contributed by atoms with Crippen LogP contribution in [0.4, 0.5) is 10.5 Å². The van der Waals surface area contributed by atoms with E-state index in [-0.39, 0.29) is 12.1 Å². The minimum atomic E-state index is -1.37. The molecule has 23 heavy (non-hydrogen) atoms. The van der Waals surface area contributed by atoms with E-state index >= 15 is 0 Å². The molecule has 1 rings (SSSR count). The summed E-state index contributed by atoms with van der Waals surface area (Å²) in [6, 6.07) is 1.68. The molecule has 1 heterocycles. The molecule has 1 aromatic heterocycles. The number of carboxylic acids is 2. The summed E-state index contributed by atoms with van der Waals surface area (Å²) < 4.78 is 5.24. The highest BCUT2D eigenvalue weighted by molar-refractivity contribution is 5.95. The van der Waals surface area contributed by atoms with Crippen LogP contribution in [0.15, 0.2) is 24.5 Å². The van der Waals surface area contributed by atoms with Crippen molar-refractivity contribution in [2.75, 3.05) is 4.90 Å². The maximum absolute atomic E-state index is 12.4. The van der Waals surface area contributed by atoms with Crippen LogP contribution >= 0.6 is 0 Å². The largest absolute Gasteiger partial charge is 0.481 e. The molecule has 1 aromatic rings. The normalized spacial score (nSPS) is 12.3. The first-order chi connectivity index (χ1) is 10.6. The van der Waals surface area contributed by atoms with E-state index in [2.05, 4.69) is 4.98 Å². The van der Waals surface area contributed by atoms with Crippen molar-refractivity contribution in [3.8, 4) is 0 Å². The zero-order valence-corrected chi connectivity index (χ0v) is 13.2. The van der Waals surface area contributed by atoms with Gasteiger partial charge in [0.1, 0.15) is 11.6 Å². The van der Waals surface area contributed by atoms with Crippen LogP contribution in [0.3, 0.4) is 0 Å². The molecule has 2 N–H and O–H groups in total. The number of amides is 1. The van der Waals surface area contributed by atoms with E-state index in [4.69, 9.17) is 9.84 Å². The van der Waals surface area contributed by atoms with Crippen molar-refractivity contribution >= 4 is 23.7 Å². The average molecular weight is 324 g/mol. The van der Waals surface area contributed by atoms with Crippen molar-refractivity contribution in [3.05, 3.63) is 24.5 Å². The van der Waals surface area contributed by atoms with Gasteiger partial charge in [0.15, 0.2) is 0 Å². The molecule has 0 aliphatic rings. The number of hydrogen-bond acceptors (Lipinski definition) is 5. The Morgan fingerprint density at radius 2 is 1.96 bits per heavy atom. The average Bonchev–Trinajstić information content (AvgIpc) is 2.41. The monoisotopic (exact) mass is 324 g/mol. The Hall–Kier alpha value is -2.64. The molecule has 0 bridgehead atoms. The highest BCUT2D eigenvalue weighted by Gasteiger charge is 2.34. The molecule has 0 aliphatic carbocycles. The fraction of sp³-hybridized carbons (Fsp3) is 0.467. The van der Waals surface area contributed by atoms with E-state index in [0.717, 1.165) is 4.90 Å². The number of carbonyl (C=O) groups is 3. The second-order valence-electron chi connectivity index (χ2n) is 5.85. The van der Waals surface area contributed by atoms with Crippen molar-refractivity contribution in [2.45, 2.75) is 45.3 Å². The summed E-state index contributed by atoms with van der Waals surface area (Å²) in [7, 11) is 0. The van der Waals surface area contributed by atoms with Gasteiger partial charge in [-0.25, -0.2) is 9.59 Å². The molecule has 8 nitrogen and oxygen atoms in total. The Balaban J connectivity index is 3.17. The van der Waals surface area contributed by atoms with Crippen LogP contribution in [0.25, 0.3) is 0 Å². The predicted octanol–water partition coefficient (Wildman–Crippen LogP) is 2.14. The highest BCUT2D eigenvalue weighted by Crippen LogP contribution is 2.22. The maximum Gasteiger partial charge on any atom is 0.415 e. The zero-order chi connectivity index (χ0) is 17.6. The summed E-state index contributed by atoms with van der Waals surface area (Å²) in [4.78, 5) is 39.5. The topological polar surface area (TPSA) is 117 Å². The van der Waals surface area contributed by atoms with Gasteiger partial charge >= 0.3 is 18.0 Å². The molecule has 0 aromatic carbocycles. The second-order valence-corrected chi connectivity index (χ2v) is 5.85. The molecule has 0 radical (unpaired) electrons. The lowest BCUT2D eigenvalue weighted by atomic mass is 10.1. The van der Waals surface area contributed by atoms with E-state index in [0.29, 0.717) is 0 Å². The number of aliphatic carboxylic acids is 2. The Kier molecular flexibility index (Phi) is 6.06. The number of aromatic nitrogens is 1. The number of rotatable bonds is 6. The lowest BCUT2D eigenvalue weighted by molar-refractivity contribution is -0.140. The van der Waals surface area contributed by atoms with E-state index in [9.17, 15) is 19.5 Å². The van der Waals surface area contributed by atoms with Gasteiger partial charge in [0.05, 0.1) is 11.9 Å². The summed E-state index contributed by atoms with van der Waals surface area (Å²) in [5.41, 5.74) is -0.604.